The van der Waals surface area contributed by atoms with Crippen LogP contribution in [0.1, 0.15) is 47.7 Å². The van der Waals surface area contributed by atoms with Gasteiger partial charge >= 0.3 is 6.03 Å². The number of halogens is 1. The number of hydrogen-bond donors (Lipinski definition) is 2. The molecule has 1 aromatic carbocycles. The number of benzene rings is 1. The van der Waals surface area contributed by atoms with Gasteiger partial charge in [-0.05, 0) is 70.8 Å². The number of piperidine rings is 1. The molecule has 0 bridgehead atoms. The van der Waals surface area contributed by atoms with Crippen molar-refractivity contribution in [2.24, 2.45) is 11.7 Å². The fourth-order valence-electron chi connectivity index (χ4n) is 5.80. The number of aryl methyl sites for hydroxylation is 2. The van der Waals surface area contributed by atoms with E-state index in [0.717, 1.165) is 60.1 Å². The molecule has 186 valence electrons. The average molecular weight is 542 g/mol. The molecule has 5 rings (SSSR count). The minimum atomic E-state index is -0.375. The van der Waals surface area contributed by atoms with Crippen molar-refractivity contribution >= 4 is 27.9 Å². The van der Waals surface area contributed by atoms with Gasteiger partial charge in [0.05, 0.1) is 11.7 Å². The van der Waals surface area contributed by atoms with E-state index in [4.69, 9.17) is 10.7 Å². The van der Waals surface area contributed by atoms with Crippen molar-refractivity contribution in [2.75, 3.05) is 39.3 Å². The van der Waals surface area contributed by atoms with Crippen molar-refractivity contribution in [1.82, 2.24) is 19.7 Å². The lowest BCUT2D eigenvalue weighted by molar-refractivity contribution is -0.134. The Morgan fingerprint density at radius 2 is 1.74 bits per heavy atom. The van der Waals surface area contributed by atoms with Crippen molar-refractivity contribution in [3.05, 3.63) is 57.3 Å². The van der Waals surface area contributed by atoms with Crippen LogP contribution in [0.2, 0.25) is 0 Å². The first-order valence-corrected chi connectivity index (χ1v) is 13.2. The van der Waals surface area contributed by atoms with Gasteiger partial charge in [0.1, 0.15) is 5.75 Å². The third kappa shape index (κ3) is 5.02. The third-order valence-electron chi connectivity index (χ3n) is 7.76. The van der Waals surface area contributed by atoms with E-state index in [1.165, 1.54) is 5.56 Å². The normalized spacial score (nSPS) is 21.2. The van der Waals surface area contributed by atoms with Crippen LogP contribution in [0, 0.1) is 5.92 Å². The zero-order valence-corrected chi connectivity index (χ0v) is 21.4. The first-order chi connectivity index (χ1) is 16.9. The Morgan fingerprint density at radius 1 is 1.03 bits per heavy atom. The van der Waals surface area contributed by atoms with Gasteiger partial charge in [0.25, 0.3) is 0 Å². The van der Waals surface area contributed by atoms with Gasteiger partial charge in [-0.2, -0.15) is 0 Å². The van der Waals surface area contributed by atoms with Gasteiger partial charge in [0.15, 0.2) is 0 Å². The molecule has 9 heteroatoms. The minimum Gasteiger partial charge on any atom is -0.508 e. The molecule has 3 amide bonds. The molecule has 3 N–H and O–H groups in total. The Hall–Kier alpha value is -2.65. The van der Waals surface area contributed by atoms with Crippen LogP contribution in [-0.4, -0.2) is 76.0 Å². The lowest BCUT2D eigenvalue weighted by Crippen LogP contribution is -2.50. The fourth-order valence-corrected chi connectivity index (χ4v) is 6.17. The van der Waals surface area contributed by atoms with Crippen LogP contribution in [0.5, 0.6) is 5.75 Å². The number of aromatic nitrogens is 1. The predicted molar refractivity (Wildman–Crippen MR) is 136 cm³/mol. The number of fused-ring (bicyclic) bond motifs is 2. The second-order valence-corrected chi connectivity index (χ2v) is 10.8. The SMILES string of the molecule is NC(=O)N1CCC(CC(=O)N2CCN(C3c4ncc(Br)cc4CCc4cccc(O)c43)CC2)CC1. The summed E-state index contributed by atoms with van der Waals surface area (Å²) in [5, 5.41) is 10.9. The number of carbonyl (C=O) groups is 2. The zero-order valence-electron chi connectivity index (χ0n) is 19.8. The number of nitrogens with zero attached hydrogens (tertiary/aromatic N) is 4. The van der Waals surface area contributed by atoms with E-state index in [2.05, 4.69) is 33.0 Å². The van der Waals surface area contributed by atoms with Crippen LogP contribution in [-0.2, 0) is 17.6 Å². The standard InChI is InChI=1S/C26H32BrN5O3/c27-20-15-19-5-4-18-2-1-3-21(33)23(18)25(24(19)29-16-20)31-12-10-30(11-13-31)22(34)14-17-6-8-32(9-7-17)26(28)35/h1-3,15-17,25,33H,4-14H2,(H2,28,35). The second kappa shape index (κ2) is 10.1. The number of aromatic hydroxyl groups is 1. The number of phenols is 1. The van der Waals surface area contributed by atoms with Gasteiger partial charge in [-0.15, -0.1) is 0 Å². The highest BCUT2D eigenvalue weighted by Crippen LogP contribution is 2.41. The maximum absolute atomic E-state index is 13.1. The first-order valence-electron chi connectivity index (χ1n) is 12.4. The maximum atomic E-state index is 13.1. The zero-order chi connectivity index (χ0) is 24.5. The summed E-state index contributed by atoms with van der Waals surface area (Å²) in [7, 11) is 0. The van der Waals surface area contributed by atoms with Crippen LogP contribution >= 0.6 is 15.9 Å². The molecule has 1 atom stereocenters. The Labute approximate surface area is 214 Å². The number of rotatable bonds is 3. The Morgan fingerprint density at radius 3 is 2.46 bits per heavy atom. The lowest BCUT2D eigenvalue weighted by atomic mass is 9.92. The highest BCUT2D eigenvalue weighted by Gasteiger charge is 2.35. The Bertz CT molecular complexity index is 1110. The second-order valence-electron chi connectivity index (χ2n) is 9.84. The summed E-state index contributed by atoms with van der Waals surface area (Å²) in [6, 6.07) is 7.41. The largest absolute Gasteiger partial charge is 0.508 e. The van der Waals surface area contributed by atoms with E-state index in [-0.39, 0.29) is 18.0 Å². The number of amides is 3. The molecular weight excluding hydrogens is 510 g/mol. The van der Waals surface area contributed by atoms with Crippen molar-refractivity contribution in [3.8, 4) is 5.75 Å². The van der Waals surface area contributed by atoms with Gasteiger partial charge in [0, 0.05) is 61.9 Å². The molecule has 2 fully saturated rings. The molecule has 0 saturated carbocycles. The minimum absolute atomic E-state index is 0.132. The lowest BCUT2D eigenvalue weighted by Gasteiger charge is -2.40. The average Bonchev–Trinajstić information content (AvgIpc) is 3.02. The van der Waals surface area contributed by atoms with Crippen molar-refractivity contribution in [3.63, 3.8) is 0 Å². The van der Waals surface area contributed by atoms with Crippen molar-refractivity contribution < 1.29 is 14.7 Å². The molecule has 1 aliphatic carbocycles. The Kier molecular flexibility index (Phi) is 6.98. The number of carbonyl (C=O) groups excluding carboxylic acids is 2. The van der Waals surface area contributed by atoms with Crippen molar-refractivity contribution in [2.45, 2.75) is 38.1 Å². The smallest absolute Gasteiger partial charge is 0.314 e. The van der Waals surface area contributed by atoms with Gasteiger partial charge < -0.3 is 20.6 Å². The van der Waals surface area contributed by atoms with E-state index in [0.29, 0.717) is 44.3 Å². The molecule has 8 nitrogen and oxygen atoms in total. The molecule has 2 saturated heterocycles. The Balaban J connectivity index is 1.29. The maximum Gasteiger partial charge on any atom is 0.314 e. The van der Waals surface area contributed by atoms with Gasteiger partial charge in [-0.1, -0.05) is 12.1 Å². The summed E-state index contributed by atoms with van der Waals surface area (Å²) in [5.74, 6) is 0.802. The number of primary amides is 1. The van der Waals surface area contributed by atoms with E-state index in [1.54, 1.807) is 11.0 Å². The number of pyridine rings is 1. The number of nitrogens with two attached hydrogens (primary N) is 1. The summed E-state index contributed by atoms with van der Waals surface area (Å²) in [5.41, 5.74) is 9.67. The number of urea groups is 1. The van der Waals surface area contributed by atoms with Gasteiger partial charge in [-0.25, -0.2) is 4.79 Å². The number of hydrogen-bond acceptors (Lipinski definition) is 5. The first kappa shape index (κ1) is 24.1. The van der Waals surface area contributed by atoms with E-state index < -0.39 is 0 Å². The van der Waals surface area contributed by atoms with Crippen LogP contribution in [0.4, 0.5) is 4.79 Å². The third-order valence-corrected chi connectivity index (χ3v) is 8.19. The number of phenolic OH excluding ortho intramolecular Hbond substituents is 1. The van der Waals surface area contributed by atoms with Crippen LogP contribution in [0.25, 0.3) is 0 Å². The molecule has 1 aromatic heterocycles. The summed E-state index contributed by atoms with van der Waals surface area (Å²) < 4.78 is 0.960. The summed E-state index contributed by atoms with van der Waals surface area (Å²) in [6.07, 6.45) is 5.74. The summed E-state index contributed by atoms with van der Waals surface area (Å²) in [4.78, 5) is 35.2. The molecular formula is C26H32BrN5O3. The molecule has 2 aromatic rings. The summed E-state index contributed by atoms with van der Waals surface area (Å²) in [6.45, 7) is 4.03. The quantitative estimate of drug-likeness (QED) is 0.621. The molecule has 3 aliphatic rings. The molecule has 35 heavy (non-hydrogen) atoms. The molecule has 2 aliphatic heterocycles. The predicted octanol–water partition coefficient (Wildman–Crippen LogP) is 3.06. The molecule has 3 heterocycles. The molecule has 1 unspecified atom stereocenters. The molecule has 0 radical (unpaired) electrons. The van der Waals surface area contributed by atoms with E-state index in [1.807, 2.05) is 17.2 Å². The summed E-state index contributed by atoms with van der Waals surface area (Å²) >= 11 is 3.56. The van der Waals surface area contributed by atoms with Gasteiger partial charge in [0.2, 0.25) is 5.91 Å². The highest BCUT2D eigenvalue weighted by molar-refractivity contribution is 9.10. The number of piperazine rings is 1. The van der Waals surface area contributed by atoms with Crippen LogP contribution in [0.15, 0.2) is 34.9 Å². The van der Waals surface area contributed by atoms with E-state index >= 15 is 0 Å². The van der Waals surface area contributed by atoms with Crippen LogP contribution in [0.3, 0.4) is 0 Å². The molecule has 0 spiro atoms. The van der Waals surface area contributed by atoms with Gasteiger partial charge in [-0.3, -0.25) is 14.7 Å². The van der Waals surface area contributed by atoms with Crippen molar-refractivity contribution in [1.29, 1.82) is 0 Å². The highest BCUT2D eigenvalue weighted by atomic mass is 79.9. The van der Waals surface area contributed by atoms with E-state index in [9.17, 15) is 14.7 Å². The number of likely N-dealkylation sites (tertiary alicyclic amines) is 1. The van der Waals surface area contributed by atoms with Crippen LogP contribution < -0.4 is 5.73 Å². The monoisotopic (exact) mass is 541 g/mol. The topological polar surface area (TPSA) is 103 Å². The fraction of sp³-hybridized carbons (Fsp3) is 0.500.